The molecule has 1 aromatic heterocycles. The molecule has 118 valence electrons. The van der Waals surface area contributed by atoms with E-state index in [0.29, 0.717) is 18.4 Å². The van der Waals surface area contributed by atoms with Gasteiger partial charge in [-0.25, -0.2) is 9.98 Å². The van der Waals surface area contributed by atoms with Crippen LogP contribution in [0.25, 0.3) is 11.3 Å². The van der Waals surface area contributed by atoms with E-state index in [0.717, 1.165) is 37.5 Å². The third-order valence-corrected chi connectivity index (χ3v) is 2.97. The zero-order valence-electron chi connectivity index (χ0n) is 12.8. The van der Waals surface area contributed by atoms with Crippen molar-refractivity contribution in [1.82, 2.24) is 10.3 Å². The van der Waals surface area contributed by atoms with Gasteiger partial charge in [0.15, 0.2) is 11.7 Å². The molecule has 0 radical (unpaired) electrons. The van der Waals surface area contributed by atoms with Crippen LogP contribution in [0.3, 0.4) is 0 Å². The van der Waals surface area contributed by atoms with E-state index in [4.69, 9.17) is 14.9 Å². The maximum atomic E-state index is 5.78. The Hall–Kier alpha value is -2.34. The second-order valence-corrected chi connectivity index (χ2v) is 4.66. The molecule has 22 heavy (non-hydrogen) atoms. The highest BCUT2D eigenvalue weighted by Crippen LogP contribution is 2.19. The number of benzene rings is 1. The molecule has 0 aliphatic heterocycles. The summed E-state index contributed by atoms with van der Waals surface area (Å²) in [7, 11) is 0. The summed E-state index contributed by atoms with van der Waals surface area (Å²) >= 11 is 0. The van der Waals surface area contributed by atoms with E-state index < -0.39 is 0 Å². The summed E-state index contributed by atoms with van der Waals surface area (Å²) in [4.78, 5) is 8.41. The molecular weight excluding hydrogens is 280 g/mol. The van der Waals surface area contributed by atoms with Gasteiger partial charge < -0.3 is 20.2 Å². The lowest BCUT2D eigenvalue weighted by Gasteiger charge is -2.04. The molecule has 1 heterocycles. The van der Waals surface area contributed by atoms with E-state index in [1.807, 2.05) is 37.3 Å². The smallest absolute Gasteiger partial charge is 0.216 e. The van der Waals surface area contributed by atoms with Crippen LogP contribution in [0.4, 0.5) is 0 Å². The Morgan fingerprint density at radius 1 is 1.36 bits per heavy atom. The van der Waals surface area contributed by atoms with Gasteiger partial charge in [0, 0.05) is 25.3 Å². The molecule has 0 spiro atoms. The predicted molar refractivity (Wildman–Crippen MR) is 86.4 cm³/mol. The third kappa shape index (κ3) is 5.21. The maximum absolute atomic E-state index is 5.78. The molecule has 0 amide bonds. The number of oxazole rings is 1. The van der Waals surface area contributed by atoms with Crippen LogP contribution in [0, 0.1) is 0 Å². The van der Waals surface area contributed by atoms with Crippen molar-refractivity contribution in [3.8, 4) is 11.3 Å². The fourth-order valence-electron chi connectivity index (χ4n) is 1.86. The normalized spacial score (nSPS) is 11.6. The van der Waals surface area contributed by atoms with Crippen molar-refractivity contribution in [2.45, 2.75) is 19.9 Å². The van der Waals surface area contributed by atoms with Gasteiger partial charge in [-0.05, 0) is 13.3 Å². The molecule has 0 fully saturated rings. The Morgan fingerprint density at radius 2 is 2.18 bits per heavy atom. The summed E-state index contributed by atoms with van der Waals surface area (Å²) in [6, 6.07) is 9.83. The van der Waals surface area contributed by atoms with Gasteiger partial charge in [-0.1, -0.05) is 30.3 Å². The zero-order chi connectivity index (χ0) is 15.6. The molecule has 0 saturated heterocycles. The minimum Gasteiger partial charge on any atom is -0.439 e. The van der Waals surface area contributed by atoms with E-state index in [2.05, 4.69) is 15.3 Å². The van der Waals surface area contributed by atoms with Crippen LogP contribution in [0.5, 0.6) is 0 Å². The maximum Gasteiger partial charge on any atom is 0.216 e. The van der Waals surface area contributed by atoms with Gasteiger partial charge in [0.1, 0.15) is 6.54 Å². The van der Waals surface area contributed by atoms with Gasteiger partial charge >= 0.3 is 0 Å². The van der Waals surface area contributed by atoms with E-state index in [-0.39, 0.29) is 0 Å². The van der Waals surface area contributed by atoms with Crippen LogP contribution in [0.15, 0.2) is 45.9 Å². The molecule has 0 bridgehead atoms. The summed E-state index contributed by atoms with van der Waals surface area (Å²) in [5.74, 6) is 1.66. The molecule has 0 aliphatic rings. The Labute approximate surface area is 130 Å². The SMILES string of the molecule is CCOCCCNC(N)=NCc1ncc(-c2ccccc2)o1. The second kappa shape index (κ2) is 8.84. The molecule has 0 unspecified atom stereocenters. The molecule has 2 rings (SSSR count). The van der Waals surface area contributed by atoms with Gasteiger partial charge in [0.05, 0.1) is 6.20 Å². The molecule has 0 aliphatic carbocycles. The monoisotopic (exact) mass is 302 g/mol. The van der Waals surface area contributed by atoms with Crippen molar-refractivity contribution < 1.29 is 9.15 Å². The highest BCUT2D eigenvalue weighted by Gasteiger charge is 2.05. The summed E-state index contributed by atoms with van der Waals surface area (Å²) in [5.41, 5.74) is 6.78. The van der Waals surface area contributed by atoms with E-state index in [1.165, 1.54) is 0 Å². The van der Waals surface area contributed by atoms with Gasteiger partial charge in [-0.3, -0.25) is 0 Å². The first kappa shape index (κ1) is 16.0. The van der Waals surface area contributed by atoms with Crippen LogP contribution in [0.1, 0.15) is 19.2 Å². The van der Waals surface area contributed by atoms with Crippen molar-refractivity contribution in [3.05, 3.63) is 42.4 Å². The lowest BCUT2D eigenvalue weighted by atomic mass is 10.2. The fraction of sp³-hybridized carbons (Fsp3) is 0.375. The minimum absolute atomic E-state index is 0.317. The molecule has 6 heteroatoms. The number of nitrogens with zero attached hydrogens (tertiary/aromatic N) is 2. The molecule has 0 atom stereocenters. The van der Waals surface area contributed by atoms with Crippen LogP contribution in [-0.4, -0.2) is 30.7 Å². The van der Waals surface area contributed by atoms with E-state index in [1.54, 1.807) is 6.20 Å². The average Bonchev–Trinajstić information content (AvgIpc) is 3.02. The Kier molecular flexibility index (Phi) is 6.44. The Balaban J connectivity index is 1.79. The first-order chi connectivity index (χ1) is 10.8. The number of guanidine groups is 1. The zero-order valence-corrected chi connectivity index (χ0v) is 12.8. The van der Waals surface area contributed by atoms with Crippen molar-refractivity contribution in [2.75, 3.05) is 19.8 Å². The van der Waals surface area contributed by atoms with Crippen molar-refractivity contribution in [1.29, 1.82) is 0 Å². The fourth-order valence-corrected chi connectivity index (χ4v) is 1.86. The lowest BCUT2D eigenvalue weighted by Crippen LogP contribution is -2.32. The number of aliphatic imine (C=N–C) groups is 1. The van der Waals surface area contributed by atoms with Crippen molar-refractivity contribution in [2.24, 2.45) is 10.7 Å². The van der Waals surface area contributed by atoms with Gasteiger partial charge in [-0.2, -0.15) is 0 Å². The van der Waals surface area contributed by atoms with Crippen molar-refractivity contribution in [3.63, 3.8) is 0 Å². The molecule has 2 aromatic rings. The highest BCUT2D eigenvalue weighted by atomic mass is 16.5. The lowest BCUT2D eigenvalue weighted by molar-refractivity contribution is 0.145. The first-order valence-electron chi connectivity index (χ1n) is 7.41. The van der Waals surface area contributed by atoms with E-state index in [9.17, 15) is 0 Å². The number of rotatable bonds is 8. The number of aromatic nitrogens is 1. The topological polar surface area (TPSA) is 85.7 Å². The number of nitrogens with two attached hydrogens (primary N) is 1. The van der Waals surface area contributed by atoms with Crippen LogP contribution in [-0.2, 0) is 11.3 Å². The summed E-state index contributed by atoms with van der Waals surface area (Å²) in [5, 5.41) is 3.03. The number of hydrogen-bond acceptors (Lipinski definition) is 4. The molecule has 3 N–H and O–H groups in total. The molecular formula is C16H22N4O2. The number of hydrogen-bond donors (Lipinski definition) is 2. The van der Waals surface area contributed by atoms with Gasteiger partial charge in [0.25, 0.3) is 0 Å². The van der Waals surface area contributed by atoms with Crippen LogP contribution < -0.4 is 11.1 Å². The largest absolute Gasteiger partial charge is 0.439 e. The number of ether oxygens (including phenoxy) is 1. The first-order valence-corrected chi connectivity index (χ1v) is 7.41. The van der Waals surface area contributed by atoms with Gasteiger partial charge in [-0.15, -0.1) is 0 Å². The van der Waals surface area contributed by atoms with Gasteiger partial charge in [0.2, 0.25) is 5.89 Å². The summed E-state index contributed by atoms with van der Waals surface area (Å²) < 4.78 is 10.9. The standard InChI is InChI=1S/C16H22N4O2/c1-2-21-10-6-9-18-16(17)20-12-15-19-11-14(22-15)13-7-4-3-5-8-13/h3-5,7-8,11H,2,6,9-10,12H2,1H3,(H3,17,18,20). The quantitative estimate of drug-likeness (QED) is 0.443. The van der Waals surface area contributed by atoms with Crippen LogP contribution in [0.2, 0.25) is 0 Å². The summed E-state index contributed by atoms with van der Waals surface area (Å²) in [6.07, 6.45) is 2.59. The van der Waals surface area contributed by atoms with E-state index >= 15 is 0 Å². The molecule has 6 nitrogen and oxygen atoms in total. The molecule has 1 aromatic carbocycles. The Morgan fingerprint density at radius 3 is 2.95 bits per heavy atom. The minimum atomic E-state index is 0.317. The Bertz CT molecular complexity index is 581. The van der Waals surface area contributed by atoms with Crippen LogP contribution >= 0.6 is 0 Å². The average molecular weight is 302 g/mol. The van der Waals surface area contributed by atoms with Crippen molar-refractivity contribution >= 4 is 5.96 Å². The third-order valence-electron chi connectivity index (χ3n) is 2.97. The second-order valence-electron chi connectivity index (χ2n) is 4.66. The summed E-state index contributed by atoms with van der Waals surface area (Å²) in [6.45, 7) is 4.48. The predicted octanol–water partition coefficient (Wildman–Crippen LogP) is 2.17. The number of nitrogens with one attached hydrogen (secondary N) is 1. The molecule has 0 saturated carbocycles. The highest BCUT2D eigenvalue weighted by molar-refractivity contribution is 5.77.